The number of aliphatic hydroxyl groups excluding tert-OH is 1. The van der Waals surface area contributed by atoms with Crippen LogP contribution in [0.15, 0.2) is 28.7 Å². The molecule has 0 radical (unpaired) electrons. The lowest BCUT2D eigenvalue weighted by Gasteiger charge is -2.26. The summed E-state index contributed by atoms with van der Waals surface area (Å²) in [7, 11) is 1.52. The van der Waals surface area contributed by atoms with Crippen molar-refractivity contribution in [2.45, 2.75) is 32.7 Å². The van der Waals surface area contributed by atoms with Crippen molar-refractivity contribution < 1.29 is 23.8 Å². The molecule has 7 nitrogen and oxygen atoms in total. The lowest BCUT2D eigenvalue weighted by Crippen LogP contribution is -2.50. The highest BCUT2D eigenvalue weighted by molar-refractivity contribution is 5.99. The predicted octanol–water partition coefficient (Wildman–Crippen LogP) is 2.18. The molecule has 0 bridgehead atoms. The van der Waals surface area contributed by atoms with E-state index >= 15 is 0 Å². The first-order valence-corrected chi connectivity index (χ1v) is 8.82. The molecule has 2 rings (SSSR count). The Morgan fingerprint density at radius 2 is 1.96 bits per heavy atom. The van der Waals surface area contributed by atoms with E-state index in [9.17, 15) is 14.7 Å². The van der Waals surface area contributed by atoms with E-state index < -0.39 is 18.6 Å². The van der Waals surface area contributed by atoms with E-state index in [1.807, 2.05) is 13.8 Å². The number of hydrogen-bond acceptors (Lipinski definition) is 5. The summed E-state index contributed by atoms with van der Waals surface area (Å²) >= 11 is 0. The second kappa shape index (κ2) is 9.24. The Morgan fingerprint density at radius 3 is 2.54 bits per heavy atom. The molecule has 142 valence electrons. The highest BCUT2D eigenvalue weighted by atomic mass is 16.5. The first-order valence-electron chi connectivity index (χ1n) is 8.82. The molecule has 1 heterocycles. The molecular weight excluding hydrogens is 336 g/mol. The first kappa shape index (κ1) is 19.8. The lowest BCUT2D eigenvalue weighted by atomic mass is 10.2. The Bertz CT molecular complexity index is 749. The van der Waals surface area contributed by atoms with Crippen LogP contribution in [0.4, 0.5) is 0 Å². The fourth-order valence-corrected chi connectivity index (χ4v) is 2.82. The van der Waals surface area contributed by atoms with E-state index in [1.165, 1.54) is 7.11 Å². The molecule has 0 spiro atoms. The van der Waals surface area contributed by atoms with Gasteiger partial charge in [-0.25, -0.2) is 0 Å². The largest absolute Gasteiger partial charge is 0.493 e. The Labute approximate surface area is 152 Å². The normalized spacial score (nSPS) is 12.0. The maximum atomic E-state index is 12.6. The number of aliphatic hydroxyl groups is 1. The second-order valence-corrected chi connectivity index (χ2v) is 6.02. The minimum atomic E-state index is -1.00. The molecule has 1 aromatic carbocycles. The van der Waals surface area contributed by atoms with Crippen LogP contribution in [0.5, 0.6) is 5.75 Å². The monoisotopic (exact) mass is 362 g/mol. The van der Waals surface area contributed by atoms with Crippen molar-refractivity contribution in [1.29, 1.82) is 0 Å². The molecule has 0 aliphatic heterocycles. The average molecular weight is 362 g/mol. The Kier molecular flexibility index (Phi) is 7.03. The maximum absolute atomic E-state index is 12.6. The summed E-state index contributed by atoms with van der Waals surface area (Å²) in [4.78, 5) is 26.7. The number of fused-ring (bicyclic) bond motifs is 1. The van der Waals surface area contributed by atoms with Gasteiger partial charge in [-0.3, -0.25) is 9.59 Å². The van der Waals surface area contributed by atoms with Crippen molar-refractivity contribution in [3.05, 3.63) is 30.0 Å². The minimum Gasteiger partial charge on any atom is -0.493 e. The summed E-state index contributed by atoms with van der Waals surface area (Å²) in [5.41, 5.74) is 0.464. The fourth-order valence-electron chi connectivity index (χ4n) is 2.82. The van der Waals surface area contributed by atoms with Crippen LogP contribution in [0.1, 0.15) is 37.2 Å². The number of para-hydroxylation sites is 1. The molecule has 2 N–H and O–H groups in total. The Balaban J connectivity index is 2.17. The van der Waals surface area contributed by atoms with Crippen LogP contribution in [0.25, 0.3) is 11.0 Å². The third-order valence-electron chi connectivity index (χ3n) is 4.04. The summed E-state index contributed by atoms with van der Waals surface area (Å²) in [6.45, 7) is 4.65. The number of carbonyl (C=O) groups excluding carboxylic acids is 2. The van der Waals surface area contributed by atoms with Crippen molar-refractivity contribution in [2.24, 2.45) is 0 Å². The van der Waals surface area contributed by atoms with Crippen molar-refractivity contribution in [2.75, 3.05) is 26.8 Å². The fraction of sp³-hybridized carbons (Fsp3) is 0.474. The first-order chi connectivity index (χ1) is 12.5. The van der Waals surface area contributed by atoms with E-state index in [0.717, 1.165) is 18.2 Å². The van der Waals surface area contributed by atoms with E-state index in [0.29, 0.717) is 24.4 Å². The molecule has 1 atom stereocenters. The highest BCUT2D eigenvalue weighted by Gasteiger charge is 2.26. The van der Waals surface area contributed by atoms with Crippen molar-refractivity contribution >= 4 is 22.8 Å². The zero-order valence-electron chi connectivity index (χ0n) is 15.4. The van der Waals surface area contributed by atoms with E-state index in [1.54, 1.807) is 29.2 Å². The molecule has 0 saturated heterocycles. The van der Waals surface area contributed by atoms with E-state index in [2.05, 4.69) is 5.32 Å². The molecular formula is C19H26N2O5. The van der Waals surface area contributed by atoms with Gasteiger partial charge in [0, 0.05) is 18.5 Å². The topological polar surface area (TPSA) is 92.0 Å². The van der Waals surface area contributed by atoms with Gasteiger partial charge in [-0.05, 0) is 25.0 Å². The maximum Gasteiger partial charge on any atom is 0.287 e. The van der Waals surface area contributed by atoms with Crippen LogP contribution >= 0.6 is 0 Å². The third kappa shape index (κ3) is 4.35. The van der Waals surface area contributed by atoms with Gasteiger partial charge in [-0.15, -0.1) is 0 Å². The molecule has 1 aromatic heterocycles. The number of ether oxygens (including phenoxy) is 1. The number of amides is 2. The number of hydrogen-bond donors (Lipinski definition) is 2. The zero-order valence-corrected chi connectivity index (χ0v) is 15.4. The molecule has 1 unspecified atom stereocenters. The van der Waals surface area contributed by atoms with Gasteiger partial charge in [-0.1, -0.05) is 26.0 Å². The molecule has 2 aromatic rings. The van der Waals surface area contributed by atoms with Gasteiger partial charge in [0.1, 0.15) is 6.04 Å². The minimum absolute atomic E-state index is 0.0632. The number of carbonyl (C=O) groups is 2. The van der Waals surface area contributed by atoms with Gasteiger partial charge < -0.3 is 24.5 Å². The number of benzene rings is 1. The van der Waals surface area contributed by atoms with Gasteiger partial charge in [-0.2, -0.15) is 0 Å². The summed E-state index contributed by atoms with van der Waals surface area (Å²) < 4.78 is 10.8. The summed E-state index contributed by atoms with van der Waals surface area (Å²) in [5, 5.41) is 12.9. The third-order valence-corrected chi connectivity index (χ3v) is 4.04. The summed E-state index contributed by atoms with van der Waals surface area (Å²) in [6.07, 6.45) is 1.61. The van der Waals surface area contributed by atoms with Gasteiger partial charge in [0.05, 0.1) is 13.7 Å². The second-order valence-electron chi connectivity index (χ2n) is 6.02. The quantitative estimate of drug-likeness (QED) is 0.713. The highest BCUT2D eigenvalue weighted by Crippen LogP contribution is 2.28. The molecule has 7 heteroatoms. The standard InChI is InChI=1S/C19H26N2O5/c1-4-9-21(10-5-2)19(24)14(12-22)20-18(23)16-11-13-7-6-8-15(25-3)17(13)26-16/h6-8,11,14,22H,4-5,9-10,12H2,1-3H3,(H,20,23). The van der Waals surface area contributed by atoms with Crippen molar-refractivity contribution in [3.63, 3.8) is 0 Å². The number of methoxy groups -OCH3 is 1. The Hall–Kier alpha value is -2.54. The van der Waals surface area contributed by atoms with Crippen LogP contribution in [-0.2, 0) is 4.79 Å². The smallest absolute Gasteiger partial charge is 0.287 e. The van der Waals surface area contributed by atoms with E-state index in [-0.39, 0.29) is 11.7 Å². The molecule has 2 amide bonds. The van der Waals surface area contributed by atoms with Gasteiger partial charge >= 0.3 is 0 Å². The molecule has 0 aliphatic rings. The lowest BCUT2D eigenvalue weighted by molar-refractivity contribution is -0.134. The zero-order chi connectivity index (χ0) is 19.1. The van der Waals surface area contributed by atoms with Crippen LogP contribution in [0.2, 0.25) is 0 Å². The molecule has 26 heavy (non-hydrogen) atoms. The Morgan fingerprint density at radius 1 is 1.27 bits per heavy atom. The van der Waals surface area contributed by atoms with Gasteiger partial charge in [0.25, 0.3) is 5.91 Å². The van der Waals surface area contributed by atoms with E-state index in [4.69, 9.17) is 9.15 Å². The van der Waals surface area contributed by atoms with Crippen LogP contribution in [0, 0.1) is 0 Å². The van der Waals surface area contributed by atoms with Gasteiger partial charge in [0.15, 0.2) is 17.1 Å². The van der Waals surface area contributed by atoms with Crippen LogP contribution in [-0.4, -0.2) is 54.7 Å². The number of nitrogens with zero attached hydrogens (tertiary/aromatic N) is 1. The van der Waals surface area contributed by atoms with Gasteiger partial charge in [0.2, 0.25) is 5.91 Å². The predicted molar refractivity (Wildman–Crippen MR) is 98.3 cm³/mol. The SMILES string of the molecule is CCCN(CCC)C(=O)C(CO)NC(=O)c1cc2cccc(OC)c2o1. The molecule has 0 fully saturated rings. The van der Waals surface area contributed by atoms with Crippen LogP contribution in [0.3, 0.4) is 0 Å². The molecule has 0 saturated carbocycles. The van der Waals surface area contributed by atoms with Crippen LogP contribution < -0.4 is 10.1 Å². The number of nitrogens with one attached hydrogen (secondary N) is 1. The number of rotatable bonds is 9. The summed E-state index contributed by atoms with van der Waals surface area (Å²) in [6, 6.07) is 5.92. The average Bonchev–Trinajstić information content (AvgIpc) is 3.09. The molecule has 0 aliphatic carbocycles. The summed E-state index contributed by atoms with van der Waals surface area (Å²) in [5.74, 6) is -0.261. The van der Waals surface area contributed by atoms with Crippen molar-refractivity contribution in [1.82, 2.24) is 10.2 Å². The van der Waals surface area contributed by atoms with Crippen molar-refractivity contribution in [3.8, 4) is 5.75 Å². The number of furan rings is 1.